The topological polar surface area (TPSA) is 102 Å². The molecule has 0 heterocycles. The van der Waals surface area contributed by atoms with Crippen LogP contribution in [0.1, 0.15) is 138 Å². The van der Waals surface area contributed by atoms with Gasteiger partial charge in [-0.3, -0.25) is 9.59 Å². The normalized spacial score (nSPS) is 13.4. The van der Waals surface area contributed by atoms with Gasteiger partial charge in [-0.05, 0) is 95.7 Å². The van der Waals surface area contributed by atoms with Crippen LogP contribution in [0.15, 0.2) is 78.9 Å². The van der Waals surface area contributed by atoms with Crippen LogP contribution in [0.4, 0.5) is 17.1 Å². The molecule has 0 saturated heterocycles. The first-order chi connectivity index (χ1) is 24.9. The summed E-state index contributed by atoms with van der Waals surface area (Å²) in [6, 6.07) is 24.9. The molecule has 0 saturated carbocycles. The monoisotopic (exact) mass is 708 g/mol. The van der Waals surface area contributed by atoms with E-state index in [0.717, 1.165) is 46.3 Å². The highest BCUT2D eigenvalue weighted by Gasteiger charge is 2.36. The second kappa shape index (κ2) is 13.9. The fourth-order valence-corrected chi connectivity index (χ4v) is 7.67. The van der Waals surface area contributed by atoms with Crippen LogP contribution in [0.3, 0.4) is 0 Å². The third-order valence-electron chi connectivity index (χ3n) is 10.4. The van der Waals surface area contributed by atoms with Crippen LogP contribution in [-0.2, 0) is 10.8 Å². The first-order valence-electron chi connectivity index (χ1n) is 18.6. The number of phenolic OH excluding ortho intramolecular Hbond substituents is 1. The Labute approximate surface area is 314 Å². The van der Waals surface area contributed by atoms with Gasteiger partial charge in [-0.1, -0.05) is 103 Å². The van der Waals surface area contributed by atoms with Crippen molar-refractivity contribution in [2.24, 2.45) is 0 Å². The predicted molar refractivity (Wildman–Crippen MR) is 217 cm³/mol. The lowest BCUT2D eigenvalue weighted by atomic mass is 9.76. The lowest BCUT2D eigenvalue weighted by Gasteiger charge is -2.30. The lowest BCUT2D eigenvalue weighted by Crippen LogP contribution is -2.24. The second-order valence-electron chi connectivity index (χ2n) is 16.7. The molecular formula is C47H52N2O4. The number of anilines is 3. The third-order valence-corrected chi connectivity index (χ3v) is 10.4. The van der Waals surface area contributed by atoms with Crippen LogP contribution in [0.5, 0.6) is 17.2 Å². The average Bonchev–Trinajstić information content (AvgIpc) is 3.07. The van der Waals surface area contributed by atoms with Gasteiger partial charge in [-0.25, -0.2) is 0 Å². The molecule has 6 rings (SSSR count). The van der Waals surface area contributed by atoms with E-state index >= 15 is 0 Å². The number of nitrogen functional groups attached to an aromatic ring is 1. The zero-order valence-electron chi connectivity index (χ0n) is 32.7. The zero-order valence-corrected chi connectivity index (χ0v) is 32.7. The van der Waals surface area contributed by atoms with Crippen molar-refractivity contribution in [3.8, 4) is 17.2 Å². The summed E-state index contributed by atoms with van der Waals surface area (Å²) in [7, 11) is 0. The van der Waals surface area contributed by atoms with Gasteiger partial charge in [0.15, 0.2) is 17.3 Å². The average molecular weight is 709 g/mol. The maximum atomic E-state index is 14.1. The molecule has 5 aromatic carbocycles. The van der Waals surface area contributed by atoms with Gasteiger partial charge in [0.2, 0.25) is 0 Å². The van der Waals surface area contributed by atoms with Crippen molar-refractivity contribution >= 4 is 28.6 Å². The Balaban J connectivity index is 1.52. The number of hydrogen-bond donors (Lipinski definition) is 3. The molecule has 0 bridgehead atoms. The van der Waals surface area contributed by atoms with Gasteiger partial charge in [-0.15, -0.1) is 0 Å². The summed E-state index contributed by atoms with van der Waals surface area (Å²) in [5, 5.41) is 14.4. The predicted octanol–water partition coefficient (Wildman–Crippen LogP) is 11.7. The summed E-state index contributed by atoms with van der Waals surface area (Å²) in [5.74, 6) is 0.780. The molecule has 0 spiro atoms. The lowest BCUT2D eigenvalue weighted by molar-refractivity contribution is 0.0980. The number of phenols is 1. The van der Waals surface area contributed by atoms with E-state index in [1.807, 2.05) is 37.3 Å². The molecule has 1 aliphatic carbocycles. The molecule has 1 unspecified atom stereocenters. The molecule has 6 nitrogen and oxygen atoms in total. The number of fused-ring (bicyclic) bond motifs is 2. The molecule has 5 aromatic rings. The fraction of sp³-hybridized carbons (Fsp3) is 0.319. The standard InChI is InChI=1S/C47H52N2O4/c1-11-15-30(33-23-35(46(5,6)7)38(50)21-27(33)3)34-24-36(47(8,9)10)39(22-28(34)4)53-40-25-37(49-29-17-14-16-26(2)20-29)41-42(43(40)48)45(52)32-19-13-12-18-31(32)44(41)51/h12-14,16-25,30,49-50H,11,15,48H2,1-10H3. The molecule has 0 radical (unpaired) electrons. The van der Waals surface area contributed by atoms with Gasteiger partial charge >= 0.3 is 0 Å². The van der Waals surface area contributed by atoms with Gasteiger partial charge in [0.1, 0.15) is 11.5 Å². The Kier molecular flexibility index (Phi) is 9.80. The third kappa shape index (κ3) is 7.07. The van der Waals surface area contributed by atoms with Crippen molar-refractivity contribution in [3.63, 3.8) is 0 Å². The number of ether oxygens (including phenoxy) is 1. The van der Waals surface area contributed by atoms with Crippen molar-refractivity contribution < 1.29 is 19.4 Å². The van der Waals surface area contributed by atoms with E-state index in [4.69, 9.17) is 10.5 Å². The van der Waals surface area contributed by atoms with Crippen molar-refractivity contribution in [3.05, 3.63) is 140 Å². The molecule has 4 N–H and O–H groups in total. The Morgan fingerprint density at radius 2 is 1.30 bits per heavy atom. The van der Waals surface area contributed by atoms with Gasteiger partial charge in [0.25, 0.3) is 0 Å². The van der Waals surface area contributed by atoms with Crippen LogP contribution in [0, 0.1) is 20.8 Å². The molecule has 0 amide bonds. The Bertz CT molecular complexity index is 2270. The van der Waals surface area contributed by atoms with Crippen LogP contribution in [-0.4, -0.2) is 16.7 Å². The van der Waals surface area contributed by atoms with Crippen molar-refractivity contribution in [2.75, 3.05) is 11.1 Å². The zero-order chi connectivity index (χ0) is 38.6. The summed E-state index contributed by atoms with van der Waals surface area (Å²) in [6.07, 6.45) is 1.92. The van der Waals surface area contributed by atoms with Crippen molar-refractivity contribution in [1.29, 1.82) is 0 Å². The minimum atomic E-state index is -0.328. The van der Waals surface area contributed by atoms with E-state index in [0.29, 0.717) is 34.1 Å². The number of benzene rings is 5. The van der Waals surface area contributed by atoms with E-state index < -0.39 is 0 Å². The van der Waals surface area contributed by atoms with Crippen LogP contribution in [0.2, 0.25) is 0 Å². The van der Waals surface area contributed by atoms with Gasteiger partial charge in [0.05, 0.1) is 22.5 Å². The number of hydrogen-bond acceptors (Lipinski definition) is 6. The summed E-state index contributed by atoms with van der Waals surface area (Å²) >= 11 is 0. The number of aromatic hydroxyl groups is 1. The molecule has 1 aliphatic rings. The van der Waals surface area contributed by atoms with E-state index in [-0.39, 0.29) is 45.1 Å². The molecule has 0 fully saturated rings. The van der Waals surface area contributed by atoms with E-state index in [1.165, 1.54) is 11.1 Å². The summed E-state index contributed by atoms with van der Waals surface area (Å²) in [6.45, 7) is 21.2. The molecule has 53 heavy (non-hydrogen) atoms. The largest absolute Gasteiger partial charge is 0.508 e. The van der Waals surface area contributed by atoms with Crippen molar-refractivity contribution in [2.45, 2.75) is 98.8 Å². The maximum Gasteiger partial charge on any atom is 0.196 e. The van der Waals surface area contributed by atoms with Gasteiger partial charge in [-0.2, -0.15) is 0 Å². The number of nitrogens with one attached hydrogen (secondary N) is 1. The smallest absolute Gasteiger partial charge is 0.196 e. The minimum Gasteiger partial charge on any atom is -0.508 e. The number of rotatable bonds is 8. The highest BCUT2D eigenvalue weighted by Crippen LogP contribution is 2.47. The summed E-state index contributed by atoms with van der Waals surface area (Å²) in [5.41, 5.74) is 16.2. The Morgan fingerprint density at radius 3 is 1.89 bits per heavy atom. The summed E-state index contributed by atoms with van der Waals surface area (Å²) in [4.78, 5) is 28.2. The number of carbonyl (C=O) groups excluding carboxylic acids is 2. The molecule has 274 valence electrons. The fourth-order valence-electron chi connectivity index (χ4n) is 7.67. The Morgan fingerprint density at radius 1 is 0.717 bits per heavy atom. The van der Waals surface area contributed by atoms with E-state index in [9.17, 15) is 14.7 Å². The van der Waals surface area contributed by atoms with Crippen LogP contribution >= 0.6 is 0 Å². The number of aryl methyl sites for hydroxylation is 3. The molecule has 1 atom stereocenters. The molecular weight excluding hydrogens is 657 g/mol. The number of ketones is 2. The first-order valence-corrected chi connectivity index (χ1v) is 18.6. The van der Waals surface area contributed by atoms with E-state index in [2.05, 4.69) is 85.8 Å². The quantitative estimate of drug-likeness (QED) is 0.136. The Hall–Kier alpha value is -5.36. The molecule has 0 aromatic heterocycles. The van der Waals surface area contributed by atoms with Crippen LogP contribution < -0.4 is 15.8 Å². The number of carbonyl (C=O) groups is 2. The second-order valence-corrected chi connectivity index (χ2v) is 16.7. The molecule has 6 heteroatoms. The molecule has 0 aliphatic heterocycles. The SMILES string of the molecule is CCCC(c1cc(C(C)(C)C)c(O)cc1C)c1cc(C(C)(C)C)c(Oc2cc(Nc3cccc(C)c3)c3c(c2N)C(=O)c2ccccc2C3=O)cc1C. The van der Waals surface area contributed by atoms with Gasteiger partial charge in [0, 0.05) is 34.4 Å². The first kappa shape index (κ1) is 37.4. The highest BCUT2D eigenvalue weighted by atomic mass is 16.5. The maximum absolute atomic E-state index is 14.1. The van der Waals surface area contributed by atoms with E-state index in [1.54, 1.807) is 30.3 Å². The summed E-state index contributed by atoms with van der Waals surface area (Å²) < 4.78 is 6.83. The number of nitrogens with two attached hydrogens (primary N) is 1. The van der Waals surface area contributed by atoms with Crippen LogP contribution in [0.25, 0.3) is 0 Å². The van der Waals surface area contributed by atoms with Crippen molar-refractivity contribution in [1.82, 2.24) is 0 Å². The van der Waals surface area contributed by atoms with Gasteiger partial charge < -0.3 is 20.9 Å². The minimum absolute atomic E-state index is 0.0968. The highest BCUT2D eigenvalue weighted by molar-refractivity contribution is 6.32.